The summed E-state index contributed by atoms with van der Waals surface area (Å²) in [4.78, 5) is 7.65. The highest BCUT2D eigenvalue weighted by molar-refractivity contribution is 5.07. The van der Waals surface area contributed by atoms with Crippen molar-refractivity contribution in [2.45, 2.75) is 5.92 Å². The van der Waals surface area contributed by atoms with E-state index in [9.17, 15) is 0 Å². The van der Waals surface area contributed by atoms with E-state index >= 15 is 0 Å². The number of nitrogens with zero attached hydrogens (tertiary/aromatic N) is 3. The van der Waals surface area contributed by atoms with Crippen LogP contribution in [-0.4, -0.2) is 21.7 Å². The van der Waals surface area contributed by atoms with Gasteiger partial charge in [0, 0.05) is 12.4 Å². The fraction of sp³-hybridized carbons (Fsp3) is 0.286. The van der Waals surface area contributed by atoms with Crippen molar-refractivity contribution in [2.75, 3.05) is 6.61 Å². The molecular weight excluding hydrogens is 142 g/mol. The Balaban J connectivity index is 2.85. The predicted molar refractivity (Wildman–Crippen MR) is 37.5 cm³/mol. The summed E-state index contributed by atoms with van der Waals surface area (Å²) in [5.41, 5.74) is 0. The van der Waals surface area contributed by atoms with Crippen molar-refractivity contribution < 1.29 is 5.11 Å². The average Bonchev–Trinajstić information content (AvgIpc) is 2.09. The first-order valence-electron chi connectivity index (χ1n) is 3.16. The van der Waals surface area contributed by atoms with Gasteiger partial charge in [0.1, 0.15) is 11.7 Å². The zero-order valence-electron chi connectivity index (χ0n) is 5.81. The molecule has 0 fully saturated rings. The smallest absolute Gasteiger partial charge is 0.147 e. The molecule has 0 aromatic carbocycles. The first-order chi connectivity index (χ1) is 5.38. The topological polar surface area (TPSA) is 69.8 Å². The van der Waals surface area contributed by atoms with Crippen LogP contribution in [-0.2, 0) is 0 Å². The summed E-state index contributed by atoms with van der Waals surface area (Å²) in [5, 5.41) is 17.2. The van der Waals surface area contributed by atoms with Crippen molar-refractivity contribution in [3.05, 3.63) is 24.3 Å². The van der Waals surface area contributed by atoms with Crippen LogP contribution < -0.4 is 0 Å². The van der Waals surface area contributed by atoms with Crippen LogP contribution in [0.3, 0.4) is 0 Å². The van der Waals surface area contributed by atoms with Gasteiger partial charge in [0.15, 0.2) is 0 Å². The van der Waals surface area contributed by atoms with Gasteiger partial charge in [0.05, 0.1) is 12.7 Å². The maximum Gasteiger partial charge on any atom is 0.147 e. The van der Waals surface area contributed by atoms with Crippen LogP contribution in [0.25, 0.3) is 0 Å². The highest BCUT2D eigenvalue weighted by Gasteiger charge is 2.10. The molecule has 0 saturated carbocycles. The molecule has 0 aliphatic heterocycles. The molecule has 0 amide bonds. The number of hydrogen-bond donors (Lipinski definition) is 1. The Labute approximate surface area is 64.2 Å². The molecule has 1 aromatic heterocycles. The SMILES string of the molecule is N#CC(CO)c1ncccn1. The zero-order valence-corrected chi connectivity index (χ0v) is 5.81. The summed E-state index contributed by atoms with van der Waals surface area (Å²) in [7, 11) is 0. The number of aromatic nitrogens is 2. The van der Waals surface area contributed by atoms with Crippen molar-refractivity contribution >= 4 is 0 Å². The molecule has 1 N–H and O–H groups in total. The van der Waals surface area contributed by atoms with Gasteiger partial charge in [-0.3, -0.25) is 0 Å². The third-order valence-electron chi connectivity index (χ3n) is 1.24. The number of rotatable bonds is 2. The minimum atomic E-state index is -0.601. The standard InChI is InChI=1S/C7H7N3O/c8-4-6(5-11)7-9-2-1-3-10-7/h1-3,6,11H,5H2. The van der Waals surface area contributed by atoms with E-state index in [-0.39, 0.29) is 6.61 Å². The van der Waals surface area contributed by atoms with Gasteiger partial charge in [0.2, 0.25) is 0 Å². The van der Waals surface area contributed by atoms with Gasteiger partial charge in [-0.1, -0.05) is 0 Å². The third kappa shape index (κ3) is 1.72. The van der Waals surface area contributed by atoms with Crippen LogP contribution in [0.1, 0.15) is 11.7 Å². The van der Waals surface area contributed by atoms with Gasteiger partial charge in [-0.25, -0.2) is 9.97 Å². The van der Waals surface area contributed by atoms with Crippen molar-refractivity contribution in [1.82, 2.24) is 9.97 Å². The number of aliphatic hydroxyl groups is 1. The molecule has 1 aromatic rings. The Morgan fingerprint density at radius 1 is 1.55 bits per heavy atom. The molecule has 0 spiro atoms. The van der Waals surface area contributed by atoms with Crippen LogP contribution in [0.2, 0.25) is 0 Å². The number of aliphatic hydroxyl groups excluding tert-OH is 1. The van der Waals surface area contributed by atoms with E-state index in [1.165, 1.54) is 0 Å². The molecule has 1 heterocycles. The Morgan fingerprint density at radius 2 is 2.18 bits per heavy atom. The van der Waals surface area contributed by atoms with Gasteiger partial charge >= 0.3 is 0 Å². The summed E-state index contributed by atoms with van der Waals surface area (Å²) in [6, 6.07) is 3.56. The van der Waals surface area contributed by atoms with E-state index in [1.54, 1.807) is 18.5 Å². The Hall–Kier alpha value is -1.47. The molecule has 11 heavy (non-hydrogen) atoms. The maximum absolute atomic E-state index is 8.68. The summed E-state index contributed by atoms with van der Waals surface area (Å²) in [5.74, 6) is -0.228. The lowest BCUT2D eigenvalue weighted by Crippen LogP contribution is -2.05. The van der Waals surface area contributed by atoms with Crippen LogP contribution in [0.5, 0.6) is 0 Å². The minimum absolute atomic E-state index is 0.236. The summed E-state index contributed by atoms with van der Waals surface area (Å²) in [6.45, 7) is -0.236. The molecule has 1 rings (SSSR count). The fourth-order valence-electron chi connectivity index (χ4n) is 0.671. The van der Waals surface area contributed by atoms with Crippen LogP contribution in [0, 0.1) is 11.3 Å². The van der Waals surface area contributed by atoms with Crippen LogP contribution in [0.15, 0.2) is 18.5 Å². The largest absolute Gasteiger partial charge is 0.395 e. The highest BCUT2D eigenvalue weighted by Crippen LogP contribution is 2.05. The zero-order chi connectivity index (χ0) is 8.10. The van der Waals surface area contributed by atoms with Crippen molar-refractivity contribution in [1.29, 1.82) is 5.26 Å². The van der Waals surface area contributed by atoms with Crippen molar-refractivity contribution in [3.63, 3.8) is 0 Å². The number of nitriles is 1. The normalized spacial score (nSPS) is 12.0. The molecule has 1 atom stereocenters. The van der Waals surface area contributed by atoms with Crippen LogP contribution >= 0.6 is 0 Å². The summed E-state index contributed by atoms with van der Waals surface area (Å²) < 4.78 is 0. The Kier molecular flexibility index (Phi) is 2.53. The average molecular weight is 149 g/mol. The van der Waals surface area contributed by atoms with E-state index in [2.05, 4.69) is 9.97 Å². The molecule has 56 valence electrons. The second kappa shape index (κ2) is 3.64. The van der Waals surface area contributed by atoms with Crippen molar-refractivity contribution in [3.8, 4) is 6.07 Å². The maximum atomic E-state index is 8.68. The van der Waals surface area contributed by atoms with E-state index < -0.39 is 5.92 Å². The predicted octanol–water partition coefficient (Wildman–Crippen LogP) is 0.0761. The number of hydrogen-bond acceptors (Lipinski definition) is 4. The third-order valence-corrected chi connectivity index (χ3v) is 1.24. The van der Waals surface area contributed by atoms with Crippen LogP contribution in [0.4, 0.5) is 0 Å². The molecule has 1 unspecified atom stereocenters. The van der Waals surface area contributed by atoms with E-state index in [1.807, 2.05) is 6.07 Å². The van der Waals surface area contributed by atoms with Gasteiger partial charge in [-0.2, -0.15) is 5.26 Å². The molecule has 0 saturated heterocycles. The first-order valence-corrected chi connectivity index (χ1v) is 3.16. The van der Waals surface area contributed by atoms with E-state index in [0.717, 1.165) is 0 Å². The lowest BCUT2D eigenvalue weighted by atomic mass is 10.2. The monoisotopic (exact) mass is 149 g/mol. The lowest BCUT2D eigenvalue weighted by molar-refractivity contribution is 0.282. The fourth-order valence-corrected chi connectivity index (χ4v) is 0.671. The van der Waals surface area contributed by atoms with Gasteiger partial charge < -0.3 is 5.11 Å². The molecule has 4 nitrogen and oxygen atoms in total. The van der Waals surface area contributed by atoms with Gasteiger partial charge in [0.25, 0.3) is 0 Å². The molecule has 4 heteroatoms. The first kappa shape index (κ1) is 7.63. The summed E-state index contributed by atoms with van der Waals surface area (Å²) >= 11 is 0. The lowest BCUT2D eigenvalue weighted by Gasteiger charge is -2.00. The molecule has 0 radical (unpaired) electrons. The second-order valence-electron chi connectivity index (χ2n) is 1.97. The van der Waals surface area contributed by atoms with Crippen molar-refractivity contribution in [2.24, 2.45) is 0 Å². The van der Waals surface area contributed by atoms with Gasteiger partial charge in [-0.15, -0.1) is 0 Å². The molecular formula is C7H7N3O. The summed E-state index contributed by atoms with van der Waals surface area (Å²) in [6.07, 6.45) is 3.09. The molecule has 0 bridgehead atoms. The van der Waals surface area contributed by atoms with E-state index in [0.29, 0.717) is 5.82 Å². The molecule has 0 aliphatic carbocycles. The van der Waals surface area contributed by atoms with E-state index in [4.69, 9.17) is 10.4 Å². The Bertz CT molecular complexity index is 254. The highest BCUT2D eigenvalue weighted by atomic mass is 16.3. The Morgan fingerprint density at radius 3 is 2.64 bits per heavy atom. The molecule has 0 aliphatic rings. The van der Waals surface area contributed by atoms with Gasteiger partial charge in [-0.05, 0) is 6.07 Å². The second-order valence-corrected chi connectivity index (χ2v) is 1.97. The minimum Gasteiger partial charge on any atom is -0.395 e. The quantitative estimate of drug-likeness (QED) is 0.646.